The molecule has 0 heterocycles. The number of nitrogens with one attached hydrogen (secondary N) is 1. The van der Waals surface area contributed by atoms with E-state index in [0.29, 0.717) is 12.1 Å². The lowest BCUT2D eigenvalue weighted by Crippen LogP contribution is -2.40. The first kappa shape index (κ1) is 13.9. The first-order chi connectivity index (χ1) is 9.17. The first-order valence-corrected chi connectivity index (χ1v) is 7.07. The number of anilines is 1. The van der Waals surface area contributed by atoms with Gasteiger partial charge in [-0.05, 0) is 51.3 Å². The van der Waals surface area contributed by atoms with Crippen LogP contribution in [0.2, 0.25) is 0 Å². The normalized spacial score (nSPS) is 22.8. The standard InChI is InChI=1S/C16H23N3/c1-12-5-4-6-13(11-17)16(12)19(3)15-9-7-14(18-2)8-10-15/h4-6,14-15,18H,7-10H2,1-3H3. The SMILES string of the molecule is CNC1CCC(N(C)c2c(C)cccc2C#N)CC1. The molecule has 2 rings (SSSR count). The van der Waals surface area contributed by atoms with Crippen LogP contribution in [0.1, 0.15) is 36.8 Å². The van der Waals surface area contributed by atoms with Crippen LogP contribution >= 0.6 is 0 Å². The van der Waals surface area contributed by atoms with Crippen molar-refractivity contribution in [2.24, 2.45) is 0 Å². The molecule has 0 spiro atoms. The van der Waals surface area contributed by atoms with E-state index in [-0.39, 0.29) is 0 Å². The van der Waals surface area contributed by atoms with Gasteiger partial charge in [0, 0.05) is 19.1 Å². The molecule has 19 heavy (non-hydrogen) atoms. The number of nitriles is 1. The molecule has 1 fully saturated rings. The zero-order chi connectivity index (χ0) is 13.8. The fraction of sp³-hybridized carbons (Fsp3) is 0.562. The Bertz CT molecular complexity index is 467. The number of benzene rings is 1. The van der Waals surface area contributed by atoms with Gasteiger partial charge in [-0.1, -0.05) is 12.1 Å². The van der Waals surface area contributed by atoms with Gasteiger partial charge in [0.05, 0.1) is 11.3 Å². The summed E-state index contributed by atoms with van der Waals surface area (Å²) in [6, 6.07) is 9.51. The number of nitrogens with zero attached hydrogens (tertiary/aromatic N) is 2. The topological polar surface area (TPSA) is 39.1 Å². The van der Waals surface area contributed by atoms with Crippen molar-refractivity contribution < 1.29 is 0 Å². The molecule has 0 saturated heterocycles. The van der Waals surface area contributed by atoms with Crippen LogP contribution in [0.15, 0.2) is 18.2 Å². The summed E-state index contributed by atoms with van der Waals surface area (Å²) in [4.78, 5) is 2.32. The smallest absolute Gasteiger partial charge is 0.101 e. The largest absolute Gasteiger partial charge is 0.370 e. The Labute approximate surface area is 116 Å². The minimum Gasteiger partial charge on any atom is -0.370 e. The molecular weight excluding hydrogens is 234 g/mol. The van der Waals surface area contributed by atoms with E-state index in [1.54, 1.807) is 0 Å². The maximum absolute atomic E-state index is 9.28. The summed E-state index contributed by atoms with van der Waals surface area (Å²) < 4.78 is 0. The van der Waals surface area contributed by atoms with E-state index in [0.717, 1.165) is 11.3 Å². The summed E-state index contributed by atoms with van der Waals surface area (Å²) in [5, 5.41) is 12.6. The lowest BCUT2D eigenvalue weighted by molar-refractivity contribution is 0.351. The lowest BCUT2D eigenvalue weighted by Gasteiger charge is -2.37. The van der Waals surface area contributed by atoms with Crippen molar-refractivity contribution in [3.05, 3.63) is 29.3 Å². The highest BCUT2D eigenvalue weighted by atomic mass is 15.1. The molecule has 1 aliphatic carbocycles. The van der Waals surface area contributed by atoms with Crippen molar-refractivity contribution in [1.29, 1.82) is 5.26 Å². The predicted molar refractivity (Wildman–Crippen MR) is 79.4 cm³/mol. The minimum atomic E-state index is 0.554. The molecule has 0 amide bonds. The van der Waals surface area contributed by atoms with Crippen LogP contribution in [0, 0.1) is 18.3 Å². The van der Waals surface area contributed by atoms with Gasteiger partial charge >= 0.3 is 0 Å². The highest BCUT2D eigenvalue weighted by Gasteiger charge is 2.25. The monoisotopic (exact) mass is 257 g/mol. The number of hydrogen-bond acceptors (Lipinski definition) is 3. The van der Waals surface area contributed by atoms with Crippen molar-refractivity contribution in [1.82, 2.24) is 5.32 Å². The van der Waals surface area contributed by atoms with Crippen molar-refractivity contribution in [2.45, 2.75) is 44.7 Å². The van der Waals surface area contributed by atoms with Crippen LogP contribution in [0.25, 0.3) is 0 Å². The maximum Gasteiger partial charge on any atom is 0.101 e. The van der Waals surface area contributed by atoms with E-state index in [2.05, 4.69) is 36.3 Å². The van der Waals surface area contributed by atoms with Crippen molar-refractivity contribution in [3.63, 3.8) is 0 Å². The van der Waals surface area contributed by atoms with Gasteiger partial charge in [-0.2, -0.15) is 5.26 Å². The van der Waals surface area contributed by atoms with Crippen LogP contribution < -0.4 is 10.2 Å². The van der Waals surface area contributed by atoms with Crippen LogP contribution in [-0.2, 0) is 0 Å². The molecule has 0 unspecified atom stereocenters. The molecule has 0 aromatic heterocycles. The molecule has 1 aromatic carbocycles. The Kier molecular flexibility index (Phi) is 4.44. The molecule has 1 aliphatic rings. The van der Waals surface area contributed by atoms with Crippen LogP contribution in [0.4, 0.5) is 5.69 Å². The van der Waals surface area contributed by atoms with Gasteiger partial charge in [0.2, 0.25) is 0 Å². The van der Waals surface area contributed by atoms with Gasteiger partial charge in [0.25, 0.3) is 0 Å². The van der Waals surface area contributed by atoms with E-state index >= 15 is 0 Å². The van der Waals surface area contributed by atoms with Gasteiger partial charge in [0.1, 0.15) is 6.07 Å². The van der Waals surface area contributed by atoms with Gasteiger partial charge in [-0.25, -0.2) is 0 Å². The molecule has 0 bridgehead atoms. The summed E-state index contributed by atoms with van der Waals surface area (Å²) in [6.45, 7) is 2.09. The van der Waals surface area contributed by atoms with Crippen LogP contribution in [0.5, 0.6) is 0 Å². The minimum absolute atomic E-state index is 0.554. The zero-order valence-corrected chi connectivity index (χ0v) is 12.1. The molecule has 1 N–H and O–H groups in total. The van der Waals surface area contributed by atoms with Crippen LogP contribution in [0.3, 0.4) is 0 Å². The zero-order valence-electron chi connectivity index (χ0n) is 12.1. The maximum atomic E-state index is 9.28. The summed E-state index contributed by atoms with van der Waals surface area (Å²) in [7, 11) is 4.18. The van der Waals surface area contributed by atoms with Gasteiger partial charge < -0.3 is 10.2 Å². The van der Waals surface area contributed by atoms with E-state index in [1.165, 1.54) is 31.2 Å². The second-order valence-corrected chi connectivity index (χ2v) is 5.49. The fourth-order valence-electron chi connectivity index (χ4n) is 3.15. The van der Waals surface area contributed by atoms with E-state index in [1.807, 2.05) is 19.2 Å². The molecule has 0 aliphatic heterocycles. The van der Waals surface area contributed by atoms with E-state index in [9.17, 15) is 5.26 Å². The molecule has 3 nitrogen and oxygen atoms in total. The average molecular weight is 257 g/mol. The van der Waals surface area contributed by atoms with Gasteiger partial charge in [-0.3, -0.25) is 0 Å². The van der Waals surface area contributed by atoms with Crippen molar-refractivity contribution in [2.75, 3.05) is 19.0 Å². The third kappa shape index (κ3) is 2.90. The Balaban J connectivity index is 2.17. The summed E-state index contributed by atoms with van der Waals surface area (Å²) in [5.41, 5.74) is 3.09. The average Bonchev–Trinajstić information content (AvgIpc) is 2.46. The molecular formula is C16H23N3. The number of para-hydroxylation sites is 1. The van der Waals surface area contributed by atoms with E-state index < -0.39 is 0 Å². The highest BCUT2D eigenvalue weighted by Crippen LogP contribution is 2.30. The second kappa shape index (κ2) is 6.08. The Hall–Kier alpha value is -1.53. The van der Waals surface area contributed by atoms with Crippen LogP contribution in [-0.4, -0.2) is 26.2 Å². The number of rotatable bonds is 3. The van der Waals surface area contributed by atoms with Gasteiger partial charge in [0.15, 0.2) is 0 Å². The van der Waals surface area contributed by atoms with Gasteiger partial charge in [-0.15, -0.1) is 0 Å². The third-order valence-electron chi connectivity index (χ3n) is 4.36. The first-order valence-electron chi connectivity index (χ1n) is 7.07. The Morgan fingerprint density at radius 2 is 1.95 bits per heavy atom. The summed E-state index contributed by atoms with van der Waals surface area (Å²) in [5.74, 6) is 0. The molecule has 0 atom stereocenters. The number of aryl methyl sites for hydroxylation is 1. The van der Waals surface area contributed by atoms with Crippen molar-refractivity contribution in [3.8, 4) is 6.07 Å². The highest BCUT2D eigenvalue weighted by molar-refractivity contribution is 5.64. The Morgan fingerprint density at radius 3 is 2.53 bits per heavy atom. The lowest BCUT2D eigenvalue weighted by atomic mass is 9.89. The van der Waals surface area contributed by atoms with E-state index in [4.69, 9.17) is 0 Å². The summed E-state index contributed by atoms with van der Waals surface area (Å²) >= 11 is 0. The predicted octanol–water partition coefficient (Wildman–Crippen LogP) is 2.83. The number of hydrogen-bond donors (Lipinski definition) is 1. The third-order valence-corrected chi connectivity index (χ3v) is 4.36. The quantitative estimate of drug-likeness (QED) is 0.905. The molecule has 1 saturated carbocycles. The molecule has 3 heteroatoms. The fourth-order valence-corrected chi connectivity index (χ4v) is 3.15. The summed E-state index contributed by atoms with van der Waals surface area (Å²) in [6.07, 6.45) is 4.83. The molecule has 102 valence electrons. The van der Waals surface area contributed by atoms with Crippen molar-refractivity contribution >= 4 is 5.69 Å². The molecule has 0 radical (unpaired) electrons. The second-order valence-electron chi connectivity index (χ2n) is 5.49. The molecule has 1 aromatic rings. The Morgan fingerprint density at radius 1 is 1.26 bits per heavy atom.